The number of benzene rings is 1. The fourth-order valence-corrected chi connectivity index (χ4v) is 4.88. The molecule has 4 heterocycles. The summed E-state index contributed by atoms with van der Waals surface area (Å²) in [6, 6.07) is 9.20. The van der Waals surface area contributed by atoms with Gasteiger partial charge >= 0.3 is 0 Å². The normalized spacial score (nSPS) is 15.9. The first kappa shape index (κ1) is 17.5. The standard InChI is InChI=1S/C24H28N4/c1-14(2)21-19-12-17(16-6-9-25-10-7-16)4-5-20(19)28-23(21)22-15(3)13-27-24-18(22)8-11-26-24/h4-5,8,11-14,16,25,28H,6-7,9-10H2,1-3H3,(H,26,27). The molecule has 3 N–H and O–H groups in total. The van der Waals surface area contributed by atoms with Gasteiger partial charge in [0.25, 0.3) is 0 Å². The van der Waals surface area contributed by atoms with E-state index in [-0.39, 0.29) is 0 Å². The summed E-state index contributed by atoms with van der Waals surface area (Å²) in [5, 5.41) is 6.05. The van der Waals surface area contributed by atoms with Crippen LogP contribution in [0.25, 0.3) is 33.2 Å². The first-order valence-electron chi connectivity index (χ1n) is 10.4. The second-order valence-corrected chi connectivity index (χ2v) is 8.45. The van der Waals surface area contributed by atoms with Gasteiger partial charge < -0.3 is 15.3 Å². The van der Waals surface area contributed by atoms with Crippen molar-refractivity contribution in [2.75, 3.05) is 13.1 Å². The molecule has 0 atom stereocenters. The first-order valence-corrected chi connectivity index (χ1v) is 10.4. The number of hydrogen-bond donors (Lipinski definition) is 3. The Labute approximate surface area is 165 Å². The lowest BCUT2D eigenvalue weighted by Gasteiger charge is -2.23. The molecular formula is C24H28N4. The molecule has 1 saturated heterocycles. The number of nitrogens with one attached hydrogen (secondary N) is 3. The summed E-state index contributed by atoms with van der Waals surface area (Å²) in [6.45, 7) is 9.01. The SMILES string of the molecule is Cc1cnc2[nH]ccc2c1-c1[nH]c2ccc(C3CCNCC3)cc2c1C(C)C. The Morgan fingerprint density at radius 2 is 1.89 bits per heavy atom. The molecule has 3 aromatic heterocycles. The summed E-state index contributed by atoms with van der Waals surface area (Å²) in [7, 11) is 0. The molecule has 0 amide bonds. The van der Waals surface area contributed by atoms with Crippen molar-refractivity contribution in [1.82, 2.24) is 20.3 Å². The minimum atomic E-state index is 0.438. The monoisotopic (exact) mass is 372 g/mol. The Hall–Kier alpha value is -2.59. The van der Waals surface area contributed by atoms with E-state index in [9.17, 15) is 0 Å². The van der Waals surface area contributed by atoms with Crippen molar-refractivity contribution in [2.24, 2.45) is 0 Å². The number of nitrogens with zero attached hydrogens (tertiary/aromatic N) is 1. The van der Waals surface area contributed by atoms with Gasteiger partial charge in [-0.1, -0.05) is 19.9 Å². The zero-order valence-electron chi connectivity index (χ0n) is 16.9. The number of piperidine rings is 1. The van der Waals surface area contributed by atoms with Gasteiger partial charge in [-0.15, -0.1) is 0 Å². The van der Waals surface area contributed by atoms with E-state index in [0.717, 1.165) is 18.7 Å². The summed E-state index contributed by atoms with van der Waals surface area (Å²) >= 11 is 0. The van der Waals surface area contributed by atoms with E-state index in [1.807, 2.05) is 12.4 Å². The molecule has 0 aliphatic carbocycles. The average molecular weight is 373 g/mol. The van der Waals surface area contributed by atoms with Crippen molar-refractivity contribution < 1.29 is 0 Å². The van der Waals surface area contributed by atoms with E-state index < -0.39 is 0 Å². The zero-order chi connectivity index (χ0) is 19.3. The van der Waals surface area contributed by atoms with Gasteiger partial charge in [-0.25, -0.2) is 4.98 Å². The van der Waals surface area contributed by atoms with Gasteiger partial charge in [-0.05, 0) is 79.6 Å². The van der Waals surface area contributed by atoms with Gasteiger partial charge in [0, 0.05) is 34.2 Å². The van der Waals surface area contributed by atoms with E-state index in [0.29, 0.717) is 11.8 Å². The van der Waals surface area contributed by atoms with Gasteiger partial charge in [0.2, 0.25) is 0 Å². The number of pyridine rings is 1. The Kier molecular flexibility index (Phi) is 4.24. The van der Waals surface area contributed by atoms with Crippen LogP contribution in [0.1, 0.15) is 55.2 Å². The van der Waals surface area contributed by atoms with E-state index in [2.05, 4.69) is 65.3 Å². The topological polar surface area (TPSA) is 56.5 Å². The number of aromatic amines is 2. The highest BCUT2D eigenvalue weighted by Gasteiger charge is 2.22. The van der Waals surface area contributed by atoms with Crippen LogP contribution in [0.4, 0.5) is 0 Å². The van der Waals surface area contributed by atoms with Gasteiger partial charge in [0.05, 0.1) is 5.69 Å². The maximum Gasteiger partial charge on any atom is 0.137 e. The van der Waals surface area contributed by atoms with Crippen LogP contribution in [0.15, 0.2) is 36.7 Å². The minimum Gasteiger partial charge on any atom is -0.354 e. The third-order valence-electron chi connectivity index (χ3n) is 6.28. The lowest BCUT2D eigenvalue weighted by Crippen LogP contribution is -2.26. The van der Waals surface area contributed by atoms with Crippen molar-refractivity contribution in [1.29, 1.82) is 0 Å². The number of aromatic nitrogens is 3. The Morgan fingerprint density at radius 3 is 2.68 bits per heavy atom. The van der Waals surface area contributed by atoms with Crippen molar-refractivity contribution >= 4 is 21.9 Å². The van der Waals surface area contributed by atoms with E-state index >= 15 is 0 Å². The van der Waals surface area contributed by atoms with E-state index in [4.69, 9.17) is 0 Å². The third-order valence-corrected chi connectivity index (χ3v) is 6.28. The number of rotatable bonds is 3. The van der Waals surface area contributed by atoms with Gasteiger partial charge in [-0.3, -0.25) is 0 Å². The molecule has 4 nitrogen and oxygen atoms in total. The smallest absolute Gasteiger partial charge is 0.137 e. The van der Waals surface area contributed by atoms with Crippen LogP contribution < -0.4 is 5.32 Å². The summed E-state index contributed by atoms with van der Waals surface area (Å²) in [6.07, 6.45) is 6.41. The molecular weight excluding hydrogens is 344 g/mol. The van der Waals surface area contributed by atoms with Crippen LogP contribution in [-0.2, 0) is 0 Å². The second-order valence-electron chi connectivity index (χ2n) is 8.45. The number of fused-ring (bicyclic) bond motifs is 2. The predicted octanol–water partition coefficient (Wildman–Crippen LogP) is 5.61. The predicted molar refractivity (Wildman–Crippen MR) is 117 cm³/mol. The lowest BCUT2D eigenvalue weighted by atomic mass is 9.88. The molecule has 0 spiro atoms. The summed E-state index contributed by atoms with van der Waals surface area (Å²) in [5.74, 6) is 1.11. The van der Waals surface area contributed by atoms with Crippen molar-refractivity contribution in [3.05, 3.63) is 53.3 Å². The van der Waals surface area contributed by atoms with Crippen molar-refractivity contribution in [2.45, 2.75) is 45.4 Å². The molecule has 1 aliphatic rings. The molecule has 1 aromatic carbocycles. The number of hydrogen-bond acceptors (Lipinski definition) is 2. The number of aryl methyl sites for hydroxylation is 1. The summed E-state index contributed by atoms with van der Waals surface area (Å²) in [5.41, 5.74) is 8.81. The minimum absolute atomic E-state index is 0.438. The molecule has 1 aliphatic heterocycles. The Morgan fingerprint density at radius 1 is 1.07 bits per heavy atom. The Balaban J connectivity index is 1.74. The molecule has 28 heavy (non-hydrogen) atoms. The first-order chi connectivity index (χ1) is 13.6. The highest BCUT2D eigenvalue weighted by Crippen LogP contribution is 2.40. The highest BCUT2D eigenvalue weighted by molar-refractivity contribution is 6.00. The highest BCUT2D eigenvalue weighted by atomic mass is 14.9. The van der Waals surface area contributed by atoms with Gasteiger partial charge in [0.15, 0.2) is 0 Å². The summed E-state index contributed by atoms with van der Waals surface area (Å²) in [4.78, 5) is 11.6. The molecule has 0 saturated carbocycles. The van der Waals surface area contributed by atoms with Crippen LogP contribution in [0.3, 0.4) is 0 Å². The van der Waals surface area contributed by atoms with Crippen LogP contribution in [0.5, 0.6) is 0 Å². The molecule has 0 radical (unpaired) electrons. The molecule has 144 valence electrons. The molecule has 4 aromatic rings. The molecule has 1 fully saturated rings. The fourth-order valence-electron chi connectivity index (χ4n) is 4.88. The van der Waals surface area contributed by atoms with Crippen LogP contribution in [-0.4, -0.2) is 28.0 Å². The third kappa shape index (κ3) is 2.75. The van der Waals surface area contributed by atoms with Gasteiger partial charge in [0.1, 0.15) is 5.65 Å². The Bertz CT molecular complexity index is 1140. The molecule has 0 bridgehead atoms. The molecule has 5 rings (SSSR count). The summed E-state index contributed by atoms with van der Waals surface area (Å²) < 4.78 is 0. The maximum absolute atomic E-state index is 4.56. The van der Waals surface area contributed by atoms with Crippen LogP contribution in [0.2, 0.25) is 0 Å². The van der Waals surface area contributed by atoms with Crippen molar-refractivity contribution in [3.63, 3.8) is 0 Å². The van der Waals surface area contributed by atoms with Crippen LogP contribution >= 0.6 is 0 Å². The van der Waals surface area contributed by atoms with Crippen molar-refractivity contribution in [3.8, 4) is 11.3 Å². The lowest BCUT2D eigenvalue weighted by molar-refractivity contribution is 0.460. The maximum atomic E-state index is 4.56. The molecule has 4 heteroatoms. The quantitative estimate of drug-likeness (QED) is 0.438. The van der Waals surface area contributed by atoms with E-state index in [1.54, 1.807) is 0 Å². The fraction of sp³-hybridized carbons (Fsp3) is 0.375. The largest absolute Gasteiger partial charge is 0.354 e. The second kappa shape index (κ2) is 6.78. The molecule has 0 unspecified atom stereocenters. The average Bonchev–Trinajstić information content (AvgIpc) is 3.32. The van der Waals surface area contributed by atoms with E-state index in [1.165, 1.54) is 57.1 Å². The van der Waals surface area contributed by atoms with Gasteiger partial charge in [-0.2, -0.15) is 0 Å². The zero-order valence-corrected chi connectivity index (χ0v) is 16.9. The number of H-pyrrole nitrogens is 2. The van der Waals surface area contributed by atoms with Crippen LogP contribution in [0, 0.1) is 6.92 Å².